The second-order valence-electron chi connectivity index (χ2n) is 4.49. The largest absolute Gasteiger partial charge is 0.501 e. The van der Waals surface area contributed by atoms with Crippen LogP contribution in [-0.2, 0) is 4.74 Å². The second kappa shape index (κ2) is 3.91. The summed E-state index contributed by atoms with van der Waals surface area (Å²) in [6.07, 6.45) is 5.77. The van der Waals surface area contributed by atoms with Crippen LogP contribution in [0.4, 0.5) is 0 Å². The van der Waals surface area contributed by atoms with Crippen molar-refractivity contribution >= 4 is 0 Å². The monoisotopic (exact) mass is 197 g/mol. The zero-order valence-corrected chi connectivity index (χ0v) is 8.83. The first kappa shape index (κ1) is 9.99. The maximum Gasteiger partial charge on any atom is 0.102 e. The van der Waals surface area contributed by atoms with E-state index in [-0.39, 0.29) is 0 Å². The highest BCUT2D eigenvalue weighted by Gasteiger charge is 2.36. The highest BCUT2D eigenvalue weighted by molar-refractivity contribution is 5.18. The first-order chi connectivity index (χ1) is 6.71. The average Bonchev–Trinajstić information content (AvgIpc) is 2.19. The Bertz CT molecular complexity index is 239. The number of hydrogen-bond donors (Lipinski definition) is 1. The van der Waals surface area contributed by atoms with Gasteiger partial charge in [-0.15, -0.1) is 0 Å². The van der Waals surface area contributed by atoms with Gasteiger partial charge in [0, 0.05) is 6.54 Å². The number of piperidine rings is 1. The fourth-order valence-corrected chi connectivity index (χ4v) is 2.41. The SMILES string of the molecule is CN1CCCC(O)(C2=COCCC2)C1. The molecule has 2 heterocycles. The molecule has 2 aliphatic heterocycles. The third-order valence-electron chi connectivity index (χ3n) is 3.19. The molecule has 0 radical (unpaired) electrons. The minimum absolute atomic E-state index is 0.618. The molecule has 0 aromatic carbocycles. The van der Waals surface area contributed by atoms with Crippen LogP contribution in [0.25, 0.3) is 0 Å². The van der Waals surface area contributed by atoms with E-state index in [0.29, 0.717) is 0 Å². The topological polar surface area (TPSA) is 32.7 Å². The maximum atomic E-state index is 10.5. The Morgan fingerprint density at radius 1 is 1.50 bits per heavy atom. The highest BCUT2D eigenvalue weighted by Crippen LogP contribution is 2.32. The van der Waals surface area contributed by atoms with Gasteiger partial charge in [-0.25, -0.2) is 0 Å². The molecule has 1 saturated heterocycles. The third kappa shape index (κ3) is 1.93. The van der Waals surface area contributed by atoms with E-state index in [1.165, 1.54) is 0 Å². The number of rotatable bonds is 1. The number of nitrogens with zero attached hydrogens (tertiary/aromatic N) is 1. The predicted octanol–water partition coefficient (Wildman–Crippen LogP) is 1.14. The molecular weight excluding hydrogens is 178 g/mol. The Morgan fingerprint density at radius 2 is 2.36 bits per heavy atom. The van der Waals surface area contributed by atoms with Crippen LogP contribution in [-0.4, -0.2) is 42.4 Å². The highest BCUT2D eigenvalue weighted by atomic mass is 16.5. The molecule has 1 unspecified atom stereocenters. The Balaban J connectivity index is 2.09. The van der Waals surface area contributed by atoms with E-state index in [0.717, 1.165) is 51.0 Å². The number of aliphatic hydroxyl groups is 1. The molecule has 0 aromatic rings. The van der Waals surface area contributed by atoms with Crippen molar-refractivity contribution in [2.45, 2.75) is 31.3 Å². The molecule has 0 saturated carbocycles. The first-order valence-electron chi connectivity index (χ1n) is 5.43. The lowest BCUT2D eigenvalue weighted by atomic mass is 9.83. The zero-order chi connectivity index (χ0) is 10.0. The van der Waals surface area contributed by atoms with Gasteiger partial charge in [-0.1, -0.05) is 0 Å². The van der Waals surface area contributed by atoms with Crippen LogP contribution in [0, 0.1) is 0 Å². The van der Waals surface area contributed by atoms with Gasteiger partial charge in [-0.3, -0.25) is 0 Å². The maximum absolute atomic E-state index is 10.5. The molecule has 80 valence electrons. The molecule has 1 fully saturated rings. The minimum atomic E-state index is -0.618. The quantitative estimate of drug-likeness (QED) is 0.684. The summed E-state index contributed by atoms with van der Waals surface area (Å²) in [6.45, 7) is 2.65. The van der Waals surface area contributed by atoms with Crippen molar-refractivity contribution < 1.29 is 9.84 Å². The van der Waals surface area contributed by atoms with E-state index >= 15 is 0 Å². The van der Waals surface area contributed by atoms with Gasteiger partial charge in [0.2, 0.25) is 0 Å². The summed E-state index contributed by atoms with van der Waals surface area (Å²) in [4.78, 5) is 2.19. The van der Waals surface area contributed by atoms with Crippen LogP contribution < -0.4 is 0 Å². The van der Waals surface area contributed by atoms with Crippen LogP contribution in [0.15, 0.2) is 11.8 Å². The van der Waals surface area contributed by atoms with Gasteiger partial charge in [0.05, 0.1) is 12.9 Å². The molecule has 0 aromatic heterocycles. The van der Waals surface area contributed by atoms with Crippen molar-refractivity contribution in [3.8, 4) is 0 Å². The van der Waals surface area contributed by atoms with Crippen molar-refractivity contribution in [3.63, 3.8) is 0 Å². The predicted molar refractivity (Wildman–Crippen MR) is 54.9 cm³/mol. The number of likely N-dealkylation sites (N-methyl/N-ethyl adjacent to an activating group) is 1. The summed E-state index contributed by atoms with van der Waals surface area (Å²) in [5.41, 5.74) is 0.475. The van der Waals surface area contributed by atoms with Crippen LogP contribution >= 0.6 is 0 Å². The second-order valence-corrected chi connectivity index (χ2v) is 4.49. The molecule has 0 amide bonds. The molecular formula is C11H19NO2. The van der Waals surface area contributed by atoms with Crippen LogP contribution in [0.3, 0.4) is 0 Å². The summed E-state index contributed by atoms with van der Waals surface area (Å²) in [7, 11) is 2.06. The molecule has 2 rings (SSSR count). The summed E-state index contributed by atoms with van der Waals surface area (Å²) >= 11 is 0. The smallest absolute Gasteiger partial charge is 0.102 e. The fourth-order valence-electron chi connectivity index (χ4n) is 2.41. The Hall–Kier alpha value is -0.540. The fraction of sp³-hybridized carbons (Fsp3) is 0.818. The van der Waals surface area contributed by atoms with Crippen molar-refractivity contribution in [2.75, 3.05) is 26.7 Å². The summed E-state index contributed by atoms with van der Waals surface area (Å²) in [6, 6.07) is 0. The average molecular weight is 197 g/mol. The van der Waals surface area contributed by atoms with Gasteiger partial charge in [-0.2, -0.15) is 0 Å². The molecule has 3 heteroatoms. The van der Waals surface area contributed by atoms with Crippen molar-refractivity contribution in [3.05, 3.63) is 11.8 Å². The lowest BCUT2D eigenvalue weighted by Crippen LogP contribution is -2.48. The van der Waals surface area contributed by atoms with Gasteiger partial charge in [0.25, 0.3) is 0 Å². The molecule has 0 spiro atoms. The van der Waals surface area contributed by atoms with E-state index in [9.17, 15) is 5.11 Å². The minimum Gasteiger partial charge on any atom is -0.501 e. The first-order valence-corrected chi connectivity index (χ1v) is 5.43. The molecule has 1 atom stereocenters. The van der Waals surface area contributed by atoms with Gasteiger partial charge < -0.3 is 14.7 Å². The van der Waals surface area contributed by atoms with Crippen molar-refractivity contribution in [1.29, 1.82) is 0 Å². The standard InChI is InChI=1S/C11H19NO2/c1-12-6-3-5-11(13,9-12)10-4-2-7-14-8-10/h8,13H,2-7,9H2,1H3. The Labute approximate surface area is 85.4 Å². The van der Waals surface area contributed by atoms with Crippen molar-refractivity contribution in [1.82, 2.24) is 4.90 Å². The summed E-state index contributed by atoms with van der Waals surface area (Å²) < 4.78 is 5.30. The van der Waals surface area contributed by atoms with E-state index in [2.05, 4.69) is 11.9 Å². The Kier molecular flexibility index (Phi) is 2.79. The van der Waals surface area contributed by atoms with Crippen LogP contribution in [0.1, 0.15) is 25.7 Å². The lowest BCUT2D eigenvalue weighted by molar-refractivity contribution is -0.00108. The van der Waals surface area contributed by atoms with E-state index in [4.69, 9.17) is 4.74 Å². The van der Waals surface area contributed by atoms with Gasteiger partial charge >= 0.3 is 0 Å². The number of hydrogen-bond acceptors (Lipinski definition) is 3. The molecule has 1 N–H and O–H groups in total. The Morgan fingerprint density at radius 3 is 3.00 bits per heavy atom. The molecule has 14 heavy (non-hydrogen) atoms. The van der Waals surface area contributed by atoms with Crippen molar-refractivity contribution in [2.24, 2.45) is 0 Å². The number of likely N-dealkylation sites (tertiary alicyclic amines) is 1. The third-order valence-corrected chi connectivity index (χ3v) is 3.19. The lowest BCUT2D eigenvalue weighted by Gasteiger charge is -2.39. The molecule has 0 bridgehead atoms. The molecule has 2 aliphatic rings. The number of ether oxygens (including phenoxy) is 1. The van der Waals surface area contributed by atoms with Gasteiger partial charge in [0.15, 0.2) is 0 Å². The van der Waals surface area contributed by atoms with Crippen LogP contribution in [0.5, 0.6) is 0 Å². The summed E-state index contributed by atoms with van der Waals surface area (Å²) in [5.74, 6) is 0. The van der Waals surface area contributed by atoms with E-state index in [1.54, 1.807) is 6.26 Å². The molecule has 3 nitrogen and oxygen atoms in total. The number of β-amino-alcohol motifs (C(OH)–C–C–N with tert-alkyl or cyclic N) is 1. The van der Waals surface area contributed by atoms with Crippen LogP contribution in [0.2, 0.25) is 0 Å². The molecule has 0 aliphatic carbocycles. The van der Waals surface area contributed by atoms with E-state index in [1.807, 2.05) is 0 Å². The van der Waals surface area contributed by atoms with Gasteiger partial charge in [-0.05, 0) is 44.8 Å². The van der Waals surface area contributed by atoms with Gasteiger partial charge in [0.1, 0.15) is 5.60 Å². The normalized spacial score (nSPS) is 34.9. The zero-order valence-electron chi connectivity index (χ0n) is 8.83. The summed E-state index contributed by atoms with van der Waals surface area (Å²) in [5, 5.41) is 10.5. The van der Waals surface area contributed by atoms with E-state index < -0.39 is 5.60 Å².